The molecule has 0 fully saturated rings. The Morgan fingerprint density at radius 3 is 2.91 bits per heavy atom. The van der Waals surface area contributed by atoms with E-state index in [2.05, 4.69) is 25.7 Å². The minimum atomic E-state index is -0.200. The van der Waals surface area contributed by atoms with Gasteiger partial charge in [-0.1, -0.05) is 0 Å². The molecule has 0 aliphatic carbocycles. The van der Waals surface area contributed by atoms with Gasteiger partial charge in [-0.05, 0) is 27.7 Å². The van der Waals surface area contributed by atoms with Gasteiger partial charge in [-0.2, -0.15) is 20.1 Å². The Labute approximate surface area is 134 Å². The number of hydrogen-bond acceptors (Lipinski definition) is 5. The number of aryl methyl sites for hydroxylation is 2. The molecule has 2 aromatic heterocycles. The summed E-state index contributed by atoms with van der Waals surface area (Å²) in [5.74, 6) is -0.200. The Bertz CT molecular complexity index is 720. The van der Waals surface area contributed by atoms with Crippen LogP contribution in [0.3, 0.4) is 0 Å². The van der Waals surface area contributed by atoms with E-state index in [0.717, 1.165) is 22.6 Å². The van der Waals surface area contributed by atoms with E-state index in [-0.39, 0.29) is 18.1 Å². The van der Waals surface area contributed by atoms with Gasteiger partial charge < -0.3 is 10.1 Å². The number of hydrogen-bond donors (Lipinski definition) is 2. The number of nitrogens with zero attached hydrogens (tertiary/aromatic N) is 4. The van der Waals surface area contributed by atoms with Gasteiger partial charge in [0.05, 0.1) is 36.7 Å². The average molecular weight is 318 g/mol. The van der Waals surface area contributed by atoms with Crippen LogP contribution in [0.5, 0.6) is 0 Å². The Kier molecular flexibility index (Phi) is 4.16. The van der Waals surface area contributed by atoms with Crippen LogP contribution in [0.4, 0.5) is 0 Å². The molecular weight excluding hydrogens is 296 g/mol. The van der Waals surface area contributed by atoms with Gasteiger partial charge >= 0.3 is 0 Å². The van der Waals surface area contributed by atoms with Crippen LogP contribution in [0.1, 0.15) is 60.0 Å². The average Bonchev–Trinajstić information content (AvgIpc) is 3.08. The molecule has 0 bridgehead atoms. The van der Waals surface area contributed by atoms with Crippen molar-refractivity contribution in [1.82, 2.24) is 30.5 Å². The molecule has 8 nitrogen and oxygen atoms in total. The monoisotopic (exact) mass is 318 g/mol. The molecule has 0 saturated carbocycles. The van der Waals surface area contributed by atoms with E-state index in [1.807, 2.05) is 27.7 Å². The normalized spacial score (nSPS) is 20.3. The van der Waals surface area contributed by atoms with E-state index in [9.17, 15) is 4.79 Å². The number of aromatic amines is 1. The fourth-order valence-electron chi connectivity index (χ4n) is 2.88. The SMILES string of the molecule is CCn1nc(C)c(CNC(=O)c2n[nH]c3c2C[C@H](C)O[C@@H]3C)n1. The first-order chi connectivity index (χ1) is 11.0. The molecule has 2 atom stereocenters. The van der Waals surface area contributed by atoms with Crippen molar-refractivity contribution in [3.63, 3.8) is 0 Å². The van der Waals surface area contributed by atoms with Crippen LogP contribution in [0.25, 0.3) is 0 Å². The highest BCUT2D eigenvalue weighted by Gasteiger charge is 2.29. The molecule has 8 heteroatoms. The molecule has 1 aliphatic rings. The second-order valence-corrected chi connectivity index (χ2v) is 5.86. The lowest BCUT2D eigenvalue weighted by molar-refractivity contribution is -0.00697. The molecular formula is C15H22N6O2. The number of carbonyl (C=O) groups is 1. The van der Waals surface area contributed by atoms with Crippen molar-refractivity contribution < 1.29 is 9.53 Å². The quantitative estimate of drug-likeness (QED) is 0.885. The maximum atomic E-state index is 12.5. The van der Waals surface area contributed by atoms with Gasteiger partial charge in [0.1, 0.15) is 5.69 Å². The van der Waals surface area contributed by atoms with Crippen LogP contribution >= 0.6 is 0 Å². The standard InChI is InChI=1S/C15H22N6O2/c1-5-21-19-9(3)12(20-21)7-16-15(22)14-11-6-8(2)23-10(4)13(11)17-18-14/h8,10H,5-7H2,1-4H3,(H,16,22)(H,17,18)/t8-,10+/m0/s1. The summed E-state index contributed by atoms with van der Waals surface area (Å²) in [5, 5.41) is 18.6. The highest BCUT2D eigenvalue weighted by molar-refractivity contribution is 5.94. The van der Waals surface area contributed by atoms with Crippen LogP contribution < -0.4 is 5.32 Å². The first kappa shape index (κ1) is 15.7. The van der Waals surface area contributed by atoms with Crippen molar-refractivity contribution >= 4 is 5.91 Å². The summed E-state index contributed by atoms with van der Waals surface area (Å²) in [6, 6.07) is 0. The van der Waals surface area contributed by atoms with E-state index >= 15 is 0 Å². The lowest BCUT2D eigenvalue weighted by atomic mass is 9.99. The Morgan fingerprint density at radius 2 is 2.22 bits per heavy atom. The van der Waals surface area contributed by atoms with E-state index in [1.54, 1.807) is 4.80 Å². The number of H-pyrrole nitrogens is 1. The molecule has 0 unspecified atom stereocenters. The molecule has 1 amide bonds. The Balaban J connectivity index is 1.73. The zero-order chi connectivity index (χ0) is 16.6. The Morgan fingerprint density at radius 1 is 1.43 bits per heavy atom. The molecule has 23 heavy (non-hydrogen) atoms. The Hall–Kier alpha value is -2.22. The molecule has 0 saturated heterocycles. The number of amides is 1. The summed E-state index contributed by atoms with van der Waals surface area (Å²) >= 11 is 0. The number of ether oxygens (including phenoxy) is 1. The van der Waals surface area contributed by atoms with Gasteiger partial charge in [-0.15, -0.1) is 0 Å². The van der Waals surface area contributed by atoms with Gasteiger partial charge in [-0.25, -0.2) is 0 Å². The van der Waals surface area contributed by atoms with Crippen molar-refractivity contribution in [3.8, 4) is 0 Å². The molecule has 2 N–H and O–H groups in total. The van der Waals surface area contributed by atoms with Crippen molar-refractivity contribution in [2.75, 3.05) is 0 Å². The third kappa shape index (κ3) is 2.98. The fourth-order valence-corrected chi connectivity index (χ4v) is 2.88. The summed E-state index contributed by atoms with van der Waals surface area (Å²) in [6.07, 6.45) is 0.687. The molecule has 124 valence electrons. The van der Waals surface area contributed by atoms with Gasteiger partial charge in [0.25, 0.3) is 5.91 Å². The van der Waals surface area contributed by atoms with Gasteiger partial charge in [0.2, 0.25) is 0 Å². The molecule has 0 spiro atoms. The maximum absolute atomic E-state index is 12.5. The highest BCUT2D eigenvalue weighted by Crippen LogP contribution is 2.30. The van der Waals surface area contributed by atoms with Crippen molar-refractivity contribution in [2.24, 2.45) is 0 Å². The minimum absolute atomic E-state index is 0.0745. The van der Waals surface area contributed by atoms with Crippen LogP contribution in [0, 0.1) is 6.92 Å². The number of carbonyl (C=O) groups excluding carboxylic acids is 1. The third-order valence-corrected chi connectivity index (χ3v) is 4.07. The van der Waals surface area contributed by atoms with Gasteiger partial charge in [0.15, 0.2) is 5.69 Å². The minimum Gasteiger partial charge on any atom is -0.369 e. The first-order valence-electron chi connectivity index (χ1n) is 7.91. The molecule has 0 aromatic carbocycles. The zero-order valence-electron chi connectivity index (χ0n) is 13.9. The van der Waals surface area contributed by atoms with Crippen LogP contribution in [0.2, 0.25) is 0 Å². The molecule has 1 aliphatic heterocycles. The summed E-state index contributed by atoms with van der Waals surface area (Å²) < 4.78 is 5.74. The molecule has 2 aromatic rings. The van der Waals surface area contributed by atoms with Crippen molar-refractivity contribution in [1.29, 1.82) is 0 Å². The molecule has 3 rings (SSSR count). The maximum Gasteiger partial charge on any atom is 0.272 e. The lowest BCUT2D eigenvalue weighted by Crippen LogP contribution is -2.27. The van der Waals surface area contributed by atoms with E-state index in [0.29, 0.717) is 25.2 Å². The molecule has 3 heterocycles. The summed E-state index contributed by atoms with van der Waals surface area (Å²) in [4.78, 5) is 14.1. The second kappa shape index (κ2) is 6.11. The highest BCUT2D eigenvalue weighted by atomic mass is 16.5. The van der Waals surface area contributed by atoms with Crippen LogP contribution in [-0.4, -0.2) is 37.2 Å². The van der Waals surface area contributed by atoms with E-state index in [4.69, 9.17) is 4.74 Å². The lowest BCUT2D eigenvalue weighted by Gasteiger charge is -2.25. The predicted molar refractivity (Wildman–Crippen MR) is 82.9 cm³/mol. The second-order valence-electron chi connectivity index (χ2n) is 5.86. The number of fused-ring (bicyclic) bond motifs is 1. The topological polar surface area (TPSA) is 97.7 Å². The number of nitrogens with one attached hydrogen (secondary N) is 2. The smallest absolute Gasteiger partial charge is 0.272 e. The van der Waals surface area contributed by atoms with Gasteiger partial charge in [-0.3, -0.25) is 9.89 Å². The molecule has 0 radical (unpaired) electrons. The van der Waals surface area contributed by atoms with E-state index < -0.39 is 0 Å². The number of rotatable bonds is 4. The van der Waals surface area contributed by atoms with Crippen molar-refractivity contribution in [3.05, 3.63) is 28.3 Å². The first-order valence-corrected chi connectivity index (χ1v) is 7.91. The van der Waals surface area contributed by atoms with Gasteiger partial charge in [0, 0.05) is 12.0 Å². The summed E-state index contributed by atoms with van der Waals surface area (Å²) in [5.41, 5.74) is 3.88. The largest absolute Gasteiger partial charge is 0.369 e. The number of aromatic nitrogens is 5. The van der Waals surface area contributed by atoms with Crippen LogP contribution in [0.15, 0.2) is 0 Å². The third-order valence-electron chi connectivity index (χ3n) is 4.07. The predicted octanol–water partition coefficient (Wildman–Crippen LogP) is 1.28. The van der Waals surface area contributed by atoms with Crippen LogP contribution in [-0.2, 0) is 24.2 Å². The summed E-state index contributed by atoms with van der Waals surface area (Å²) in [6.45, 7) is 8.87. The zero-order valence-corrected chi connectivity index (χ0v) is 13.9. The summed E-state index contributed by atoms with van der Waals surface area (Å²) in [7, 11) is 0. The fraction of sp³-hybridized carbons (Fsp3) is 0.600. The van der Waals surface area contributed by atoms with E-state index in [1.165, 1.54) is 0 Å². The van der Waals surface area contributed by atoms with Crippen molar-refractivity contribution in [2.45, 2.75) is 59.4 Å².